The summed E-state index contributed by atoms with van der Waals surface area (Å²) in [5, 5.41) is 9.12. The van der Waals surface area contributed by atoms with Gasteiger partial charge in [0, 0.05) is 38.1 Å². The number of aliphatic hydroxyl groups excluding tert-OH is 1. The van der Waals surface area contributed by atoms with E-state index in [2.05, 4.69) is 34.7 Å². The standard InChI is InChI=1S/C10H16N2O/c1-2-12-5-3-4-9(12)6-11-7-10(13)8-11/h3-5,10,13H,2,6-8H2,1H3. The number of rotatable bonds is 3. The molecule has 0 unspecified atom stereocenters. The summed E-state index contributed by atoms with van der Waals surface area (Å²) < 4.78 is 2.24. The second kappa shape index (κ2) is 3.52. The highest BCUT2D eigenvalue weighted by Crippen LogP contribution is 2.13. The first-order valence-corrected chi connectivity index (χ1v) is 4.84. The Hall–Kier alpha value is -0.800. The first-order chi connectivity index (χ1) is 6.29. The molecule has 0 amide bonds. The van der Waals surface area contributed by atoms with E-state index in [1.807, 2.05) is 0 Å². The van der Waals surface area contributed by atoms with Crippen LogP contribution in [0.1, 0.15) is 12.6 Å². The molecule has 3 heteroatoms. The molecule has 0 aliphatic carbocycles. The predicted molar refractivity (Wildman–Crippen MR) is 51.4 cm³/mol. The van der Waals surface area contributed by atoms with E-state index in [9.17, 15) is 0 Å². The van der Waals surface area contributed by atoms with Crippen molar-refractivity contribution in [3.63, 3.8) is 0 Å². The van der Waals surface area contributed by atoms with Crippen molar-refractivity contribution in [3.8, 4) is 0 Å². The highest BCUT2D eigenvalue weighted by atomic mass is 16.3. The first kappa shape index (κ1) is 8.78. The largest absolute Gasteiger partial charge is 0.390 e. The van der Waals surface area contributed by atoms with E-state index in [1.165, 1.54) is 5.69 Å². The van der Waals surface area contributed by atoms with E-state index in [-0.39, 0.29) is 6.10 Å². The lowest BCUT2D eigenvalue weighted by atomic mass is 10.1. The minimum Gasteiger partial charge on any atom is -0.390 e. The lowest BCUT2D eigenvalue weighted by Crippen LogP contribution is -2.50. The fourth-order valence-corrected chi connectivity index (χ4v) is 1.80. The van der Waals surface area contributed by atoms with Crippen molar-refractivity contribution in [1.29, 1.82) is 0 Å². The molecule has 0 spiro atoms. The summed E-state index contributed by atoms with van der Waals surface area (Å²) in [6.07, 6.45) is 2.01. The van der Waals surface area contributed by atoms with Crippen molar-refractivity contribution in [2.45, 2.75) is 26.1 Å². The van der Waals surface area contributed by atoms with E-state index in [0.717, 1.165) is 26.2 Å². The Morgan fingerprint density at radius 1 is 1.54 bits per heavy atom. The van der Waals surface area contributed by atoms with Crippen molar-refractivity contribution in [2.24, 2.45) is 0 Å². The Balaban J connectivity index is 1.94. The van der Waals surface area contributed by atoms with Crippen LogP contribution in [0, 0.1) is 0 Å². The van der Waals surface area contributed by atoms with Gasteiger partial charge in [0.15, 0.2) is 0 Å². The van der Waals surface area contributed by atoms with Crippen LogP contribution in [0.3, 0.4) is 0 Å². The quantitative estimate of drug-likeness (QED) is 0.741. The van der Waals surface area contributed by atoms with Gasteiger partial charge < -0.3 is 9.67 Å². The molecular weight excluding hydrogens is 164 g/mol. The number of hydrogen-bond acceptors (Lipinski definition) is 2. The molecular formula is C10H16N2O. The zero-order valence-corrected chi connectivity index (χ0v) is 7.98. The molecule has 2 rings (SSSR count). The lowest BCUT2D eigenvalue weighted by Gasteiger charge is -2.35. The van der Waals surface area contributed by atoms with E-state index < -0.39 is 0 Å². The van der Waals surface area contributed by atoms with Crippen molar-refractivity contribution in [1.82, 2.24) is 9.47 Å². The van der Waals surface area contributed by atoms with Crippen LogP contribution in [-0.2, 0) is 13.1 Å². The van der Waals surface area contributed by atoms with E-state index in [1.54, 1.807) is 0 Å². The van der Waals surface area contributed by atoms with Gasteiger partial charge in [-0.3, -0.25) is 4.90 Å². The maximum Gasteiger partial charge on any atom is 0.0794 e. The van der Waals surface area contributed by atoms with Gasteiger partial charge in [0.05, 0.1) is 6.10 Å². The van der Waals surface area contributed by atoms with Gasteiger partial charge in [0.25, 0.3) is 0 Å². The average Bonchev–Trinajstić information content (AvgIpc) is 2.49. The van der Waals surface area contributed by atoms with Gasteiger partial charge >= 0.3 is 0 Å². The van der Waals surface area contributed by atoms with E-state index >= 15 is 0 Å². The summed E-state index contributed by atoms with van der Waals surface area (Å²) in [5.41, 5.74) is 1.34. The minimum absolute atomic E-state index is 0.0926. The van der Waals surface area contributed by atoms with Crippen LogP contribution in [0.25, 0.3) is 0 Å². The number of β-amino-alcohol motifs (C(OH)–C–C–N with tert-alkyl or cyclic N) is 1. The Kier molecular flexibility index (Phi) is 2.38. The SMILES string of the molecule is CCn1cccc1CN1CC(O)C1. The van der Waals surface area contributed by atoms with Gasteiger partial charge in [-0.2, -0.15) is 0 Å². The Morgan fingerprint density at radius 2 is 2.31 bits per heavy atom. The van der Waals surface area contributed by atoms with Gasteiger partial charge in [-0.15, -0.1) is 0 Å². The fourth-order valence-electron chi connectivity index (χ4n) is 1.80. The van der Waals surface area contributed by atoms with Gasteiger partial charge in [-0.05, 0) is 19.1 Å². The van der Waals surface area contributed by atoms with Crippen LogP contribution in [0.4, 0.5) is 0 Å². The van der Waals surface area contributed by atoms with Crippen LogP contribution in [0.5, 0.6) is 0 Å². The van der Waals surface area contributed by atoms with Crippen LogP contribution in [0.2, 0.25) is 0 Å². The predicted octanol–water partition coefficient (Wildman–Crippen LogP) is 0.684. The third-order valence-corrected chi connectivity index (χ3v) is 2.59. The number of nitrogens with zero attached hydrogens (tertiary/aromatic N) is 2. The Morgan fingerprint density at radius 3 is 2.92 bits per heavy atom. The third-order valence-electron chi connectivity index (χ3n) is 2.59. The van der Waals surface area contributed by atoms with Crippen LogP contribution >= 0.6 is 0 Å². The Labute approximate surface area is 78.6 Å². The molecule has 2 heterocycles. The molecule has 1 aromatic heterocycles. The molecule has 13 heavy (non-hydrogen) atoms. The van der Waals surface area contributed by atoms with Crippen LogP contribution in [0.15, 0.2) is 18.3 Å². The number of likely N-dealkylation sites (tertiary alicyclic amines) is 1. The number of aromatic nitrogens is 1. The molecule has 0 atom stereocenters. The molecule has 1 fully saturated rings. The van der Waals surface area contributed by atoms with Crippen molar-refractivity contribution < 1.29 is 5.11 Å². The average molecular weight is 180 g/mol. The zero-order chi connectivity index (χ0) is 9.26. The Bertz CT molecular complexity index is 276. The molecule has 1 N–H and O–H groups in total. The molecule has 1 saturated heterocycles. The fraction of sp³-hybridized carbons (Fsp3) is 0.600. The van der Waals surface area contributed by atoms with E-state index in [0.29, 0.717) is 0 Å². The summed E-state index contributed by atoms with van der Waals surface area (Å²) in [6, 6.07) is 4.23. The number of hydrogen-bond donors (Lipinski definition) is 1. The number of aliphatic hydroxyl groups is 1. The summed E-state index contributed by atoms with van der Waals surface area (Å²) >= 11 is 0. The highest BCUT2D eigenvalue weighted by molar-refractivity contribution is 5.07. The second-order valence-corrected chi connectivity index (χ2v) is 3.63. The third kappa shape index (κ3) is 1.76. The monoisotopic (exact) mass is 180 g/mol. The molecule has 0 bridgehead atoms. The minimum atomic E-state index is -0.0926. The highest BCUT2D eigenvalue weighted by Gasteiger charge is 2.24. The maximum absolute atomic E-state index is 9.12. The lowest BCUT2D eigenvalue weighted by molar-refractivity contribution is -0.00407. The second-order valence-electron chi connectivity index (χ2n) is 3.63. The molecule has 1 aliphatic heterocycles. The molecule has 0 aromatic carbocycles. The van der Waals surface area contributed by atoms with Crippen LogP contribution in [-0.4, -0.2) is 33.8 Å². The summed E-state index contributed by atoms with van der Waals surface area (Å²) in [4.78, 5) is 2.26. The molecule has 3 nitrogen and oxygen atoms in total. The van der Waals surface area contributed by atoms with Gasteiger partial charge in [-0.1, -0.05) is 0 Å². The molecule has 0 saturated carbocycles. The molecule has 1 aromatic rings. The topological polar surface area (TPSA) is 28.4 Å². The van der Waals surface area contributed by atoms with Crippen molar-refractivity contribution in [3.05, 3.63) is 24.0 Å². The van der Waals surface area contributed by atoms with Gasteiger partial charge in [-0.25, -0.2) is 0 Å². The van der Waals surface area contributed by atoms with Crippen molar-refractivity contribution >= 4 is 0 Å². The van der Waals surface area contributed by atoms with Crippen molar-refractivity contribution in [2.75, 3.05) is 13.1 Å². The van der Waals surface area contributed by atoms with Gasteiger partial charge in [0.2, 0.25) is 0 Å². The number of aryl methyl sites for hydroxylation is 1. The summed E-state index contributed by atoms with van der Waals surface area (Å²) in [7, 11) is 0. The summed E-state index contributed by atoms with van der Waals surface area (Å²) in [5.74, 6) is 0. The van der Waals surface area contributed by atoms with E-state index in [4.69, 9.17) is 5.11 Å². The maximum atomic E-state index is 9.12. The summed E-state index contributed by atoms with van der Waals surface area (Å²) in [6.45, 7) is 5.80. The molecule has 0 radical (unpaired) electrons. The smallest absolute Gasteiger partial charge is 0.0794 e. The van der Waals surface area contributed by atoms with Crippen LogP contribution < -0.4 is 0 Å². The normalized spacial score (nSPS) is 18.9. The zero-order valence-electron chi connectivity index (χ0n) is 7.98. The molecule has 1 aliphatic rings. The van der Waals surface area contributed by atoms with Gasteiger partial charge in [0.1, 0.15) is 0 Å². The molecule has 72 valence electrons. The first-order valence-electron chi connectivity index (χ1n) is 4.84.